The molecule has 2 aromatic carbocycles. The molecule has 3 aromatic heterocycles. The van der Waals surface area contributed by atoms with Crippen LogP contribution in [0.5, 0.6) is 0 Å². The van der Waals surface area contributed by atoms with Crippen LogP contribution in [0.2, 0.25) is 0 Å². The molecule has 0 bridgehead atoms. The van der Waals surface area contributed by atoms with E-state index >= 15 is 0 Å². The third-order valence-corrected chi connectivity index (χ3v) is 5.95. The number of benzene rings is 2. The third kappa shape index (κ3) is 5.13. The maximum Gasteiger partial charge on any atom is 0.494 e. The van der Waals surface area contributed by atoms with Gasteiger partial charge in [-0.2, -0.15) is 0 Å². The fraction of sp³-hybridized carbons (Fsp3) is 0.258. The van der Waals surface area contributed by atoms with Gasteiger partial charge in [-0.3, -0.25) is 0 Å². The molecule has 6 heteroatoms. The van der Waals surface area contributed by atoms with Crippen molar-refractivity contribution in [1.29, 1.82) is 0 Å². The van der Waals surface area contributed by atoms with Gasteiger partial charge in [-0.25, -0.2) is 4.98 Å². The first-order valence-electron chi connectivity index (χ1n) is 12.7. The Kier molecular flexibility index (Phi) is 6.80. The monoisotopic (exact) mass is 493 g/mol. The predicted octanol–water partition coefficient (Wildman–Crippen LogP) is 7.92. The molecule has 0 aliphatic heterocycles. The smallest absolute Gasteiger partial charge is 0.461 e. The zero-order chi connectivity index (χ0) is 26.2. The van der Waals surface area contributed by atoms with Crippen LogP contribution < -0.4 is 5.46 Å². The molecule has 0 saturated carbocycles. The molecule has 0 aliphatic carbocycles. The van der Waals surface area contributed by atoms with Crippen LogP contribution in [-0.4, -0.2) is 23.8 Å². The Morgan fingerprint density at radius 1 is 0.946 bits per heavy atom. The van der Waals surface area contributed by atoms with Crippen molar-refractivity contribution in [3.05, 3.63) is 78.6 Å². The van der Waals surface area contributed by atoms with Crippen LogP contribution >= 0.6 is 0 Å². The largest absolute Gasteiger partial charge is 0.494 e. The van der Waals surface area contributed by atoms with Crippen LogP contribution in [-0.2, 0) is 9.31 Å². The molecule has 3 heterocycles. The van der Waals surface area contributed by atoms with Gasteiger partial charge >= 0.3 is 7.12 Å². The topological polar surface area (TPSA) is 57.6 Å². The molecule has 0 aliphatic rings. The second kappa shape index (κ2) is 10.0. The number of aromatic nitrogens is 1. The van der Waals surface area contributed by atoms with Crippen molar-refractivity contribution >= 4 is 51.8 Å². The Bertz CT molecular complexity index is 1600. The summed E-state index contributed by atoms with van der Waals surface area (Å²) in [4.78, 5) is 5.01. The van der Waals surface area contributed by atoms with Gasteiger partial charge in [-0.05, 0) is 70.8 Å². The molecule has 0 unspecified atom stereocenters. The first-order chi connectivity index (χ1) is 17.7. The highest BCUT2D eigenvalue weighted by Crippen LogP contribution is 2.40. The molecule has 0 atom stereocenters. The number of para-hydroxylation sites is 1. The number of rotatable bonds is 7. The molecule has 188 valence electrons. The van der Waals surface area contributed by atoms with Crippen LogP contribution in [0.15, 0.2) is 81.9 Å². The lowest BCUT2D eigenvalue weighted by Crippen LogP contribution is -2.44. The summed E-state index contributed by atoms with van der Waals surface area (Å²) in [6, 6.07) is 16.2. The van der Waals surface area contributed by atoms with E-state index in [1.165, 1.54) is 0 Å². The highest BCUT2D eigenvalue weighted by atomic mass is 16.6. The van der Waals surface area contributed by atoms with Crippen molar-refractivity contribution in [2.45, 2.75) is 53.2 Å². The molecule has 0 saturated heterocycles. The molecular weight excluding hydrogens is 461 g/mol. The molecule has 5 rings (SSSR count). The number of nitrogens with zero attached hydrogens (tertiary/aromatic N) is 1. The predicted molar refractivity (Wildman–Crippen MR) is 153 cm³/mol. The van der Waals surface area contributed by atoms with Crippen LogP contribution in [0.25, 0.3) is 50.4 Å². The summed E-state index contributed by atoms with van der Waals surface area (Å²) >= 11 is 0. The number of hydrogen-bond acceptors (Lipinski definition) is 5. The van der Waals surface area contributed by atoms with E-state index in [9.17, 15) is 0 Å². The summed E-state index contributed by atoms with van der Waals surface area (Å²) in [5.74, 6) is 0. The minimum absolute atomic E-state index is 0.0270. The molecule has 5 aromatic rings. The second-order valence-corrected chi connectivity index (χ2v) is 10.4. The molecule has 0 fully saturated rings. The first-order valence-corrected chi connectivity index (χ1v) is 12.7. The lowest BCUT2D eigenvalue weighted by molar-refractivity contribution is 0.0757. The van der Waals surface area contributed by atoms with E-state index in [1.807, 2.05) is 102 Å². The van der Waals surface area contributed by atoms with Crippen molar-refractivity contribution < 1.29 is 18.1 Å². The van der Waals surface area contributed by atoms with Gasteiger partial charge < -0.3 is 18.1 Å². The number of furan rings is 2. The van der Waals surface area contributed by atoms with E-state index in [4.69, 9.17) is 23.1 Å². The van der Waals surface area contributed by atoms with Gasteiger partial charge in [0.25, 0.3) is 0 Å². The van der Waals surface area contributed by atoms with Gasteiger partial charge in [0.1, 0.15) is 22.9 Å². The van der Waals surface area contributed by atoms with Gasteiger partial charge in [-0.15, -0.1) is 0 Å². The molecule has 0 N–H and O–H groups in total. The number of allylic oxidation sites excluding steroid dienone is 3. The van der Waals surface area contributed by atoms with Crippen LogP contribution in [0, 0.1) is 0 Å². The molecule has 0 radical (unpaired) electrons. The zero-order valence-electron chi connectivity index (χ0n) is 22.2. The van der Waals surface area contributed by atoms with Crippen LogP contribution in [0.4, 0.5) is 0 Å². The van der Waals surface area contributed by atoms with Crippen molar-refractivity contribution in [3.63, 3.8) is 0 Å². The van der Waals surface area contributed by atoms with E-state index < -0.39 is 7.12 Å². The normalized spacial score (nSPS) is 12.8. The number of hydrogen-bond donors (Lipinski definition) is 0. The number of pyridine rings is 1. The summed E-state index contributed by atoms with van der Waals surface area (Å²) in [5.41, 5.74) is 7.20. The minimum Gasteiger partial charge on any atom is -0.461 e. The van der Waals surface area contributed by atoms with Gasteiger partial charge in [0.2, 0.25) is 0 Å². The molecule has 37 heavy (non-hydrogen) atoms. The average molecular weight is 493 g/mol. The summed E-state index contributed by atoms with van der Waals surface area (Å²) in [5, 5.41) is 0.978. The molecule has 0 amide bonds. The molecular formula is C31H32BNO4. The van der Waals surface area contributed by atoms with Gasteiger partial charge in [-0.1, -0.05) is 54.6 Å². The van der Waals surface area contributed by atoms with Crippen molar-refractivity contribution in [3.8, 4) is 11.1 Å². The van der Waals surface area contributed by atoms with Crippen molar-refractivity contribution in [2.75, 3.05) is 0 Å². The number of fused-ring (bicyclic) bond motifs is 4. The van der Waals surface area contributed by atoms with E-state index in [0.717, 1.165) is 44.2 Å². The lowest BCUT2D eigenvalue weighted by atomic mass is 9.77. The SMILES string of the molecule is C/C=C\C=C/c1coc2c(-c3ccc(B(OC(C)C)OC(C)(C)C)cc3)c3oc4ccccc4c3nc12. The maximum absolute atomic E-state index is 6.35. The lowest BCUT2D eigenvalue weighted by Gasteiger charge is -2.26. The van der Waals surface area contributed by atoms with Crippen molar-refractivity contribution in [2.24, 2.45) is 0 Å². The fourth-order valence-corrected chi connectivity index (χ4v) is 4.39. The van der Waals surface area contributed by atoms with E-state index in [1.54, 1.807) is 6.26 Å². The van der Waals surface area contributed by atoms with E-state index in [2.05, 4.69) is 12.1 Å². The summed E-state index contributed by atoms with van der Waals surface area (Å²) in [6.07, 6.45) is 9.75. The zero-order valence-corrected chi connectivity index (χ0v) is 22.2. The third-order valence-electron chi connectivity index (χ3n) is 5.95. The molecule has 0 spiro atoms. The Hall–Kier alpha value is -3.61. The van der Waals surface area contributed by atoms with Crippen LogP contribution in [0.3, 0.4) is 0 Å². The summed E-state index contributed by atoms with van der Waals surface area (Å²) in [7, 11) is -0.468. The fourth-order valence-electron chi connectivity index (χ4n) is 4.39. The highest BCUT2D eigenvalue weighted by molar-refractivity contribution is 6.61. The molecule has 5 nitrogen and oxygen atoms in total. The first kappa shape index (κ1) is 25.1. The van der Waals surface area contributed by atoms with Gasteiger partial charge in [0.15, 0.2) is 11.2 Å². The quantitative estimate of drug-likeness (QED) is 0.170. The summed E-state index contributed by atoms with van der Waals surface area (Å²) < 4.78 is 24.8. The van der Waals surface area contributed by atoms with Crippen molar-refractivity contribution in [1.82, 2.24) is 4.98 Å². The second-order valence-electron chi connectivity index (χ2n) is 10.4. The highest BCUT2D eigenvalue weighted by Gasteiger charge is 2.29. The minimum atomic E-state index is -0.468. The Balaban J connectivity index is 1.68. The average Bonchev–Trinajstić information content (AvgIpc) is 3.42. The van der Waals surface area contributed by atoms with E-state index in [-0.39, 0.29) is 11.7 Å². The summed E-state index contributed by atoms with van der Waals surface area (Å²) in [6.45, 7) is 12.1. The van der Waals surface area contributed by atoms with Crippen LogP contribution in [0.1, 0.15) is 47.1 Å². The van der Waals surface area contributed by atoms with Gasteiger partial charge in [0.05, 0.1) is 5.56 Å². The standard InChI is InChI=1S/C31H32BNO4/c1-7-8-9-12-22-19-34-29-26(30-28(33-27(22)29)24-13-10-11-14-25(24)35-30)21-15-17-23(18-16-21)32(36-20(2)3)37-31(4,5)6/h7-20H,1-6H3/b8-7-,12-9-. The Morgan fingerprint density at radius 3 is 2.41 bits per heavy atom. The Morgan fingerprint density at radius 2 is 1.70 bits per heavy atom. The van der Waals surface area contributed by atoms with E-state index in [0.29, 0.717) is 11.2 Å². The Labute approximate surface area is 217 Å². The van der Waals surface area contributed by atoms with Gasteiger partial charge in [0, 0.05) is 22.7 Å². The maximum atomic E-state index is 6.35.